The number of carbonyl (C=O) groups excluding carboxylic acids is 1. The van der Waals surface area contributed by atoms with Crippen molar-refractivity contribution in [2.75, 3.05) is 23.3 Å². The highest BCUT2D eigenvalue weighted by atomic mass is 32.1. The Hall–Kier alpha value is -3.00. The number of thiocarbonyl (C=S) groups is 1. The third kappa shape index (κ3) is 5.04. The fraction of sp³-hybridized carbons (Fsp3) is 0.300. The van der Waals surface area contributed by atoms with E-state index in [2.05, 4.69) is 22.5 Å². The number of carbonyl (C=O) groups is 1. The first kappa shape index (κ1) is 19.8. The van der Waals surface area contributed by atoms with Crippen LogP contribution >= 0.6 is 12.2 Å². The van der Waals surface area contributed by atoms with Gasteiger partial charge in [0.05, 0.1) is 4.92 Å². The summed E-state index contributed by atoms with van der Waals surface area (Å²) in [5.74, 6) is 0.282. The summed E-state index contributed by atoms with van der Waals surface area (Å²) in [7, 11) is 0. The summed E-state index contributed by atoms with van der Waals surface area (Å²) < 4.78 is 0. The van der Waals surface area contributed by atoms with E-state index >= 15 is 0 Å². The number of rotatable bonds is 4. The average Bonchev–Trinajstić information content (AvgIpc) is 2.69. The van der Waals surface area contributed by atoms with E-state index in [9.17, 15) is 14.9 Å². The zero-order valence-corrected chi connectivity index (χ0v) is 16.4. The van der Waals surface area contributed by atoms with Crippen LogP contribution in [-0.2, 0) is 0 Å². The van der Waals surface area contributed by atoms with Crippen molar-refractivity contribution in [3.8, 4) is 0 Å². The Morgan fingerprint density at radius 3 is 2.50 bits per heavy atom. The molecule has 1 saturated heterocycles. The topological polar surface area (TPSA) is 87.5 Å². The number of anilines is 2. The first-order valence-corrected chi connectivity index (χ1v) is 9.55. The first-order chi connectivity index (χ1) is 13.4. The molecule has 3 rings (SSSR count). The van der Waals surface area contributed by atoms with Gasteiger partial charge in [-0.1, -0.05) is 13.0 Å². The highest BCUT2D eigenvalue weighted by Crippen LogP contribution is 2.24. The Labute approximate surface area is 168 Å². The number of piperidine rings is 1. The fourth-order valence-electron chi connectivity index (χ4n) is 3.12. The van der Waals surface area contributed by atoms with Gasteiger partial charge in [-0.3, -0.25) is 20.2 Å². The zero-order valence-electron chi connectivity index (χ0n) is 15.6. The second-order valence-corrected chi connectivity index (χ2v) is 7.34. The Balaban J connectivity index is 1.56. The number of nitro groups is 1. The fourth-order valence-corrected chi connectivity index (χ4v) is 3.33. The molecular formula is C20H22N4O3S. The maximum atomic E-state index is 12.2. The number of hydrogen-bond acceptors (Lipinski definition) is 5. The number of nitrogens with zero attached hydrogens (tertiary/aromatic N) is 2. The predicted octanol–water partition coefficient (Wildman–Crippen LogP) is 3.96. The van der Waals surface area contributed by atoms with Crippen molar-refractivity contribution in [1.82, 2.24) is 5.32 Å². The molecule has 0 aromatic heterocycles. The number of nitro benzene ring substituents is 1. The highest BCUT2D eigenvalue weighted by molar-refractivity contribution is 7.80. The number of hydrogen-bond donors (Lipinski definition) is 2. The van der Waals surface area contributed by atoms with E-state index in [0.29, 0.717) is 0 Å². The van der Waals surface area contributed by atoms with Crippen molar-refractivity contribution >= 4 is 40.3 Å². The van der Waals surface area contributed by atoms with Gasteiger partial charge < -0.3 is 10.2 Å². The monoisotopic (exact) mass is 398 g/mol. The molecule has 1 heterocycles. The van der Waals surface area contributed by atoms with E-state index in [1.165, 1.54) is 42.8 Å². The second-order valence-electron chi connectivity index (χ2n) is 6.93. The predicted molar refractivity (Wildman–Crippen MR) is 114 cm³/mol. The van der Waals surface area contributed by atoms with E-state index in [1.54, 1.807) is 0 Å². The number of nitrogens with one attached hydrogen (secondary N) is 2. The quantitative estimate of drug-likeness (QED) is 0.461. The molecule has 2 aromatic rings. The van der Waals surface area contributed by atoms with Gasteiger partial charge in [0, 0.05) is 42.2 Å². The lowest BCUT2D eigenvalue weighted by Crippen LogP contribution is -2.34. The molecule has 1 fully saturated rings. The first-order valence-electron chi connectivity index (χ1n) is 9.14. The van der Waals surface area contributed by atoms with Crippen LogP contribution in [-0.4, -0.2) is 29.0 Å². The number of benzene rings is 2. The van der Waals surface area contributed by atoms with Gasteiger partial charge in [-0.15, -0.1) is 0 Å². The zero-order chi connectivity index (χ0) is 20.1. The van der Waals surface area contributed by atoms with Crippen molar-refractivity contribution in [3.63, 3.8) is 0 Å². The van der Waals surface area contributed by atoms with Crippen molar-refractivity contribution in [2.24, 2.45) is 5.92 Å². The van der Waals surface area contributed by atoms with E-state index in [0.717, 1.165) is 24.7 Å². The van der Waals surface area contributed by atoms with Crippen LogP contribution in [0.25, 0.3) is 0 Å². The normalized spacial score (nSPS) is 14.4. The molecule has 0 unspecified atom stereocenters. The minimum atomic E-state index is -0.544. The molecule has 2 N–H and O–H groups in total. The van der Waals surface area contributed by atoms with Gasteiger partial charge in [-0.25, -0.2) is 0 Å². The van der Waals surface area contributed by atoms with Crippen molar-refractivity contribution in [3.05, 3.63) is 64.2 Å². The van der Waals surface area contributed by atoms with Gasteiger partial charge in [-0.05, 0) is 61.3 Å². The lowest BCUT2D eigenvalue weighted by Gasteiger charge is -2.32. The lowest BCUT2D eigenvalue weighted by atomic mass is 9.99. The van der Waals surface area contributed by atoms with E-state index in [4.69, 9.17) is 12.2 Å². The Bertz CT molecular complexity index is 877. The molecule has 0 radical (unpaired) electrons. The van der Waals surface area contributed by atoms with E-state index < -0.39 is 10.8 Å². The van der Waals surface area contributed by atoms with Gasteiger partial charge >= 0.3 is 0 Å². The van der Waals surface area contributed by atoms with Crippen molar-refractivity contribution in [2.45, 2.75) is 19.8 Å². The maximum absolute atomic E-state index is 12.2. The average molecular weight is 398 g/mol. The smallest absolute Gasteiger partial charge is 0.270 e. The van der Waals surface area contributed by atoms with Gasteiger partial charge in [0.25, 0.3) is 11.6 Å². The van der Waals surface area contributed by atoms with E-state index in [-0.39, 0.29) is 16.4 Å². The molecule has 146 valence electrons. The summed E-state index contributed by atoms with van der Waals surface area (Å²) in [5, 5.41) is 16.5. The van der Waals surface area contributed by atoms with Crippen LogP contribution in [0.4, 0.5) is 17.1 Å². The summed E-state index contributed by atoms with van der Waals surface area (Å²) in [6.07, 6.45) is 2.40. The van der Waals surface area contributed by atoms with Crippen LogP contribution in [0.5, 0.6) is 0 Å². The number of amides is 1. The molecule has 1 aliphatic heterocycles. The van der Waals surface area contributed by atoms with Crippen LogP contribution in [0.1, 0.15) is 30.1 Å². The van der Waals surface area contributed by atoms with Crippen LogP contribution in [0.15, 0.2) is 48.5 Å². The standard InChI is InChI=1S/C20H22N4O3S/c1-14-9-11-23(12-10-14)17-7-5-16(6-8-17)21-20(28)22-19(25)15-3-2-4-18(13-15)24(26)27/h2-8,13-14H,9-12H2,1H3,(H2,21,22,25,28). The molecule has 0 aliphatic carbocycles. The minimum Gasteiger partial charge on any atom is -0.372 e. The molecule has 28 heavy (non-hydrogen) atoms. The second kappa shape index (κ2) is 8.79. The Morgan fingerprint density at radius 1 is 1.18 bits per heavy atom. The summed E-state index contributed by atoms with van der Waals surface area (Å²) in [5.41, 5.74) is 1.96. The maximum Gasteiger partial charge on any atom is 0.270 e. The Morgan fingerprint density at radius 2 is 1.86 bits per heavy atom. The van der Waals surface area contributed by atoms with Crippen LogP contribution in [0.2, 0.25) is 0 Å². The highest BCUT2D eigenvalue weighted by Gasteiger charge is 2.16. The minimum absolute atomic E-state index is 0.135. The third-order valence-corrected chi connectivity index (χ3v) is 5.02. The van der Waals surface area contributed by atoms with Crippen LogP contribution in [0, 0.1) is 16.0 Å². The molecule has 1 amide bonds. The summed E-state index contributed by atoms with van der Waals surface area (Å²) in [4.78, 5) is 24.9. The summed E-state index contributed by atoms with van der Waals surface area (Å²) in [6.45, 7) is 4.41. The SMILES string of the molecule is CC1CCN(c2ccc(NC(=S)NC(=O)c3cccc([N+](=O)[O-])c3)cc2)CC1. The molecular weight excluding hydrogens is 376 g/mol. The van der Waals surface area contributed by atoms with Gasteiger partial charge in [0.1, 0.15) is 0 Å². The van der Waals surface area contributed by atoms with Crippen molar-refractivity contribution < 1.29 is 9.72 Å². The molecule has 1 aliphatic rings. The molecule has 2 aromatic carbocycles. The van der Waals surface area contributed by atoms with Crippen LogP contribution < -0.4 is 15.5 Å². The van der Waals surface area contributed by atoms with Gasteiger partial charge in [0.15, 0.2) is 5.11 Å². The van der Waals surface area contributed by atoms with Gasteiger partial charge in [0.2, 0.25) is 0 Å². The third-order valence-electron chi connectivity index (χ3n) is 4.82. The van der Waals surface area contributed by atoms with Crippen molar-refractivity contribution in [1.29, 1.82) is 0 Å². The Kier molecular flexibility index (Phi) is 6.20. The van der Waals surface area contributed by atoms with E-state index in [1.807, 2.05) is 24.3 Å². The molecule has 0 spiro atoms. The summed E-state index contributed by atoms with van der Waals surface area (Å²) >= 11 is 5.18. The largest absolute Gasteiger partial charge is 0.372 e. The molecule has 0 bridgehead atoms. The summed E-state index contributed by atoms with van der Waals surface area (Å²) in [6, 6.07) is 13.4. The van der Waals surface area contributed by atoms with Crippen LogP contribution in [0.3, 0.4) is 0 Å². The van der Waals surface area contributed by atoms with Gasteiger partial charge in [-0.2, -0.15) is 0 Å². The molecule has 0 atom stereocenters. The molecule has 7 nitrogen and oxygen atoms in total. The molecule has 0 saturated carbocycles. The lowest BCUT2D eigenvalue weighted by molar-refractivity contribution is -0.384. The number of non-ortho nitro benzene ring substituents is 1. The molecule has 8 heteroatoms.